The zero-order valence-electron chi connectivity index (χ0n) is 6.89. The van der Waals surface area contributed by atoms with Gasteiger partial charge in [-0.15, -0.1) is 0 Å². The summed E-state index contributed by atoms with van der Waals surface area (Å²) in [6.07, 6.45) is 1.51. The van der Waals surface area contributed by atoms with E-state index in [1.165, 1.54) is 0 Å². The Morgan fingerprint density at radius 1 is 1.62 bits per heavy atom. The van der Waals surface area contributed by atoms with Crippen LogP contribution in [0.1, 0.15) is 15.6 Å². The van der Waals surface area contributed by atoms with Crippen LogP contribution >= 0.6 is 0 Å². The van der Waals surface area contributed by atoms with Gasteiger partial charge in [-0.3, -0.25) is 0 Å². The van der Waals surface area contributed by atoms with Gasteiger partial charge in [0.05, 0.1) is 0 Å². The molecule has 0 aromatic carbocycles. The zero-order valence-corrected chi connectivity index (χ0v) is 4.89. The molecule has 1 aliphatic heterocycles. The molecule has 0 aromatic rings. The smallest absolute Gasteiger partial charge is 0.0469 e. The van der Waals surface area contributed by atoms with E-state index in [4.69, 9.17) is 13.2 Å². The Balaban J connectivity index is 2.39. The van der Waals surface area contributed by atoms with E-state index in [-0.39, 0.29) is 5.92 Å². The van der Waals surface area contributed by atoms with Gasteiger partial charge >= 0.3 is 0 Å². The molecule has 0 unspecified atom stereocenters. The molecule has 1 rings (SSSR count). The van der Waals surface area contributed by atoms with Gasteiger partial charge in [0.1, 0.15) is 0 Å². The molecule has 8 heavy (non-hydrogen) atoms. The maximum absolute atomic E-state index is 7.22. The number of hydrogen-bond donors (Lipinski definition) is 1. The molecule has 1 saturated heterocycles. The predicted octanol–water partition coefficient (Wildman–Crippen LogP) is 0.372. The van der Waals surface area contributed by atoms with Crippen molar-refractivity contribution in [3.8, 4) is 0 Å². The third-order valence-corrected chi connectivity index (χ3v) is 1.46. The van der Waals surface area contributed by atoms with Gasteiger partial charge in [-0.05, 0) is 25.3 Å². The van der Waals surface area contributed by atoms with Crippen molar-refractivity contribution in [2.75, 3.05) is 19.7 Å². The monoisotopic (exact) mass is 117 g/mol. The predicted molar refractivity (Wildman–Crippen MR) is 32.6 cm³/mol. The quantitative estimate of drug-likeness (QED) is 0.538. The minimum absolute atomic E-state index is 0.0127. The van der Waals surface area contributed by atoms with Gasteiger partial charge in [-0.2, -0.15) is 0 Å². The SMILES string of the molecule is [2H]C([2H])(N)C1CCOCC1. The third kappa shape index (κ3) is 1.46. The topological polar surface area (TPSA) is 35.2 Å². The van der Waals surface area contributed by atoms with Crippen LogP contribution in [0.4, 0.5) is 0 Å². The van der Waals surface area contributed by atoms with E-state index in [0.29, 0.717) is 13.2 Å². The second-order valence-electron chi connectivity index (χ2n) is 2.05. The van der Waals surface area contributed by atoms with Crippen LogP contribution in [0.25, 0.3) is 0 Å². The maximum Gasteiger partial charge on any atom is 0.0469 e. The Kier molecular flexibility index (Phi) is 1.47. The van der Waals surface area contributed by atoms with Gasteiger partial charge in [0.2, 0.25) is 0 Å². The molecule has 0 saturated carbocycles. The summed E-state index contributed by atoms with van der Waals surface area (Å²) < 4.78 is 19.5. The van der Waals surface area contributed by atoms with Crippen LogP contribution in [0.5, 0.6) is 0 Å². The summed E-state index contributed by atoms with van der Waals surface area (Å²) in [4.78, 5) is 0. The largest absolute Gasteiger partial charge is 0.381 e. The Hall–Kier alpha value is -0.0800. The average Bonchev–Trinajstić information content (AvgIpc) is 1.88. The molecule has 0 aromatic heterocycles. The van der Waals surface area contributed by atoms with Crippen LogP contribution < -0.4 is 5.73 Å². The van der Waals surface area contributed by atoms with Crippen molar-refractivity contribution in [3.63, 3.8) is 0 Å². The highest BCUT2D eigenvalue weighted by molar-refractivity contribution is 4.62. The van der Waals surface area contributed by atoms with Gasteiger partial charge in [0.25, 0.3) is 0 Å². The Bertz CT molecular complexity index is 107. The second kappa shape index (κ2) is 3.05. The number of hydrogen-bond acceptors (Lipinski definition) is 2. The minimum Gasteiger partial charge on any atom is -0.381 e. The first kappa shape index (κ1) is 3.85. The van der Waals surface area contributed by atoms with Crippen molar-refractivity contribution >= 4 is 0 Å². The number of rotatable bonds is 1. The lowest BCUT2D eigenvalue weighted by Gasteiger charge is -2.19. The van der Waals surface area contributed by atoms with E-state index in [1.54, 1.807) is 0 Å². The lowest BCUT2D eigenvalue weighted by atomic mass is 10.0. The van der Waals surface area contributed by atoms with Crippen molar-refractivity contribution in [1.82, 2.24) is 0 Å². The van der Waals surface area contributed by atoms with Crippen molar-refractivity contribution in [3.05, 3.63) is 0 Å². The molecule has 0 amide bonds. The summed E-state index contributed by atoms with van der Waals surface area (Å²) in [7, 11) is 0. The molecule has 1 fully saturated rings. The van der Waals surface area contributed by atoms with Gasteiger partial charge in [0.15, 0.2) is 0 Å². The average molecular weight is 117 g/mol. The highest BCUT2D eigenvalue weighted by Gasteiger charge is 2.10. The lowest BCUT2D eigenvalue weighted by molar-refractivity contribution is 0.0688. The summed E-state index contributed by atoms with van der Waals surface area (Å²) in [6, 6.07) is 0. The first-order chi connectivity index (χ1) is 4.61. The van der Waals surface area contributed by atoms with Crippen LogP contribution in [0.3, 0.4) is 0 Å². The fourth-order valence-corrected chi connectivity index (χ4v) is 0.864. The molecule has 48 valence electrons. The highest BCUT2D eigenvalue weighted by atomic mass is 16.5. The summed E-state index contributed by atoms with van der Waals surface area (Å²) in [5.41, 5.74) is 5.29. The number of nitrogens with two attached hydrogens (primary N) is 1. The maximum atomic E-state index is 7.22. The van der Waals surface area contributed by atoms with Crippen molar-refractivity contribution in [1.29, 1.82) is 0 Å². The van der Waals surface area contributed by atoms with Gasteiger partial charge in [-0.25, -0.2) is 0 Å². The lowest BCUT2D eigenvalue weighted by Crippen LogP contribution is -2.22. The van der Waals surface area contributed by atoms with Crippen molar-refractivity contribution in [2.24, 2.45) is 11.7 Å². The van der Waals surface area contributed by atoms with Crippen molar-refractivity contribution in [2.45, 2.75) is 12.8 Å². The zero-order chi connectivity index (χ0) is 7.61. The van der Waals surface area contributed by atoms with Gasteiger partial charge < -0.3 is 10.5 Å². The third-order valence-electron chi connectivity index (χ3n) is 1.46. The van der Waals surface area contributed by atoms with Crippen LogP contribution in [-0.2, 0) is 4.74 Å². The Morgan fingerprint density at radius 3 is 2.62 bits per heavy atom. The van der Waals surface area contributed by atoms with Crippen LogP contribution in [0, 0.1) is 5.92 Å². The molecule has 1 aliphatic rings. The molecule has 2 heteroatoms. The fraction of sp³-hybridized carbons (Fsp3) is 1.00. The molecule has 1 heterocycles. The first-order valence-electron chi connectivity index (χ1n) is 3.97. The molecule has 0 spiro atoms. The molecule has 0 atom stereocenters. The van der Waals surface area contributed by atoms with E-state index in [2.05, 4.69) is 0 Å². The normalized spacial score (nSPS) is 29.1. The standard InChI is InChI=1S/C6H13NO/c7-5-6-1-3-8-4-2-6/h6H,1-5,7H2/i5D2. The molecule has 0 aliphatic carbocycles. The molecule has 0 radical (unpaired) electrons. The van der Waals surface area contributed by atoms with Crippen LogP contribution in [0.2, 0.25) is 0 Å². The summed E-state index contributed by atoms with van der Waals surface area (Å²) in [5.74, 6) is -0.0127. The van der Waals surface area contributed by atoms with E-state index < -0.39 is 6.50 Å². The summed E-state index contributed by atoms with van der Waals surface area (Å²) >= 11 is 0. The Morgan fingerprint density at radius 2 is 2.25 bits per heavy atom. The minimum atomic E-state index is -1.51. The molecular formula is C6H13NO. The van der Waals surface area contributed by atoms with Crippen molar-refractivity contribution < 1.29 is 7.48 Å². The number of ether oxygens (including phenoxy) is 1. The molecule has 2 N–H and O–H groups in total. The van der Waals surface area contributed by atoms with E-state index in [9.17, 15) is 0 Å². The van der Waals surface area contributed by atoms with Crippen LogP contribution in [0.15, 0.2) is 0 Å². The highest BCUT2D eigenvalue weighted by Crippen LogP contribution is 2.11. The summed E-state index contributed by atoms with van der Waals surface area (Å²) in [6.45, 7) is -0.202. The van der Waals surface area contributed by atoms with Crippen LogP contribution in [-0.4, -0.2) is 19.7 Å². The first-order valence-corrected chi connectivity index (χ1v) is 2.97. The fourth-order valence-electron chi connectivity index (χ4n) is 0.864. The molecular weight excluding hydrogens is 102 g/mol. The molecule has 0 bridgehead atoms. The Labute approximate surface area is 52.8 Å². The van der Waals surface area contributed by atoms with Gasteiger partial charge in [0, 0.05) is 16.0 Å². The van der Waals surface area contributed by atoms with E-state index in [1.807, 2.05) is 0 Å². The van der Waals surface area contributed by atoms with E-state index >= 15 is 0 Å². The van der Waals surface area contributed by atoms with E-state index in [0.717, 1.165) is 12.8 Å². The summed E-state index contributed by atoms with van der Waals surface area (Å²) in [5, 5.41) is 0. The molecule has 2 nitrogen and oxygen atoms in total. The second-order valence-corrected chi connectivity index (χ2v) is 2.05. The van der Waals surface area contributed by atoms with Gasteiger partial charge in [-0.1, -0.05) is 0 Å².